The van der Waals surface area contributed by atoms with Crippen molar-refractivity contribution in [2.75, 3.05) is 18.5 Å². The first kappa shape index (κ1) is 27.6. The Hall–Kier alpha value is -2.93. The van der Waals surface area contributed by atoms with Crippen molar-refractivity contribution in [2.24, 2.45) is 5.92 Å². The van der Waals surface area contributed by atoms with Crippen LogP contribution in [-0.2, 0) is 32.6 Å². The van der Waals surface area contributed by atoms with Crippen molar-refractivity contribution in [3.63, 3.8) is 0 Å². The van der Waals surface area contributed by atoms with Gasteiger partial charge >= 0.3 is 5.97 Å². The maximum absolute atomic E-state index is 13.6. The normalized spacial score (nSPS) is 22.9. The summed E-state index contributed by atoms with van der Waals surface area (Å²) in [6.07, 6.45) is 12.5. The number of rotatable bonds is 11. The largest absolute Gasteiger partial charge is 0.480 e. The van der Waals surface area contributed by atoms with Gasteiger partial charge in [0, 0.05) is 25.3 Å². The van der Waals surface area contributed by atoms with E-state index in [2.05, 4.69) is 22.8 Å². The van der Waals surface area contributed by atoms with Crippen LogP contribution in [0.5, 0.6) is 0 Å². The van der Waals surface area contributed by atoms with Crippen molar-refractivity contribution in [1.82, 2.24) is 10.3 Å². The van der Waals surface area contributed by atoms with Crippen LogP contribution in [0.15, 0.2) is 42.5 Å². The molecule has 210 valence electrons. The third-order valence-electron chi connectivity index (χ3n) is 9.03. The second kappa shape index (κ2) is 12.9. The van der Waals surface area contributed by atoms with E-state index < -0.39 is 17.4 Å². The molecule has 1 aromatic carbocycles. The lowest BCUT2D eigenvalue weighted by Gasteiger charge is -2.36. The molecule has 2 saturated carbocycles. The molecular formula is C32H43N3O4. The number of aliphatic carboxylic acids is 1. The number of carboxylic acid groups (broad SMARTS) is 1. The minimum absolute atomic E-state index is 0.155. The van der Waals surface area contributed by atoms with Crippen molar-refractivity contribution in [1.29, 1.82) is 0 Å². The average Bonchev–Trinajstić information content (AvgIpc) is 3.20. The first-order valence-electron chi connectivity index (χ1n) is 15.0. The first-order valence-corrected chi connectivity index (χ1v) is 15.0. The minimum atomic E-state index is -0.998. The molecule has 7 nitrogen and oxygen atoms in total. The second-order valence-corrected chi connectivity index (χ2v) is 11.7. The Morgan fingerprint density at radius 1 is 1.05 bits per heavy atom. The number of pyridine rings is 1. The number of benzene rings is 1. The van der Waals surface area contributed by atoms with Gasteiger partial charge in [-0.05, 0) is 74.5 Å². The number of nitrogens with zero attached hydrogens (tertiary/aromatic N) is 1. The topological polar surface area (TPSA) is 101 Å². The third-order valence-corrected chi connectivity index (χ3v) is 9.03. The van der Waals surface area contributed by atoms with Crippen LogP contribution < -0.4 is 10.6 Å². The summed E-state index contributed by atoms with van der Waals surface area (Å²) in [5, 5.41) is 16.2. The van der Waals surface area contributed by atoms with Crippen molar-refractivity contribution in [2.45, 2.75) is 101 Å². The molecule has 0 spiro atoms. The molecule has 2 fully saturated rings. The minimum Gasteiger partial charge on any atom is -0.480 e. The number of amides is 1. The molecule has 2 aliphatic carbocycles. The zero-order chi connectivity index (χ0) is 27.1. The van der Waals surface area contributed by atoms with E-state index in [1.165, 1.54) is 12.0 Å². The summed E-state index contributed by atoms with van der Waals surface area (Å²) in [5.74, 6) is 0.527. The van der Waals surface area contributed by atoms with Gasteiger partial charge in [0.05, 0.1) is 11.5 Å². The van der Waals surface area contributed by atoms with Crippen molar-refractivity contribution >= 4 is 17.7 Å². The monoisotopic (exact) mass is 533 g/mol. The highest BCUT2D eigenvalue weighted by Crippen LogP contribution is 2.39. The lowest BCUT2D eigenvalue weighted by Crippen LogP contribution is -2.51. The summed E-state index contributed by atoms with van der Waals surface area (Å²) in [4.78, 5) is 30.5. The van der Waals surface area contributed by atoms with Gasteiger partial charge in [-0.3, -0.25) is 4.79 Å². The molecule has 0 unspecified atom stereocenters. The molecule has 1 atom stereocenters. The summed E-state index contributed by atoms with van der Waals surface area (Å²) in [6, 6.07) is 13.3. The molecule has 0 radical (unpaired) electrons. The Morgan fingerprint density at radius 3 is 2.56 bits per heavy atom. The summed E-state index contributed by atoms with van der Waals surface area (Å²) in [6.45, 7) is 1.34. The number of carboxylic acids is 1. The molecule has 2 aromatic rings. The summed E-state index contributed by atoms with van der Waals surface area (Å²) < 4.78 is 6.03. The Balaban J connectivity index is 1.07. The van der Waals surface area contributed by atoms with E-state index in [1.54, 1.807) is 0 Å². The number of ether oxygens (including phenoxy) is 1. The number of hydrogen-bond donors (Lipinski definition) is 3. The fraction of sp³-hybridized carbons (Fsp3) is 0.594. The molecule has 3 N–H and O–H groups in total. The molecule has 2 heterocycles. The zero-order valence-electron chi connectivity index (χ0n) is 23.0. The lowest BCUT2D eigenvalue weighted by molar-refractivity contribution is -0.144. The van der Waals surface area contributed by atoms with Crippen LogP contribution in [-0.4, -0.2) is 47.3 Å². The highest BCUT2D eigenvalue weighted by molar-refractivity contribution is 5.91. The van der Waals surface area contributed by atoms with Gasteiger partial charge in [0.2, 0.25) is 5.91 Å². The van der Waals surface area contributed by atoms with Crippen LogP contribution in [0.2, 0.25) is 0 Å². The molecule has 1 amide bonds. The van der Waals surface area contributed by atoms with Gasteiger partial charge in [0.1, 0.15) is 11.9 Å². The van der Waals surface area contributed by atoms with Crippen molar-refractivity contribution in [3.8, 4) is 0 Å². The van der Waals surface area contributed by atoms with Gasteiger partial charge in [-0.25, -0.2) is 9.78 Å². The highest BCUT2D eigenvalue weighted by Gasteiger charge is 2.41. The van der Waals surface area contributed by atoms with Crippen LogP contribution in [0.25, 0.3) is 0 Å². The fourth-order valence-electron chi connectivity index (χ4n) is 6.55. The number of fused-ring (bicyclic) bond motifs is 1. The molecule has 1 aliphatic heterocycles. The molecule has 5 rings (SSSR count). The third kappa shape index (κ3) is 6.81. The number of aryl methyl sites for hydroxylation is 2. The van der Waals surface area contributed by atoms with E-state index in [9.17, 15) is 14.7 Å². The maximum atomic E-state index is 13.6. The van der Waals surface area contributed by atoms with E-state index in [1.807, 2.05) is 30.3 Å². The Labute approximate surface area is 232 Å². The maximum Gasteiger partial charge on any atom is 0.326 e. The smallest absolute Gasteiger partial charge is 0.326 e. The van der Waals surface area contributed by atoms with Gasteiger partial charge in [0.15, 0.2) is 0 Å². The van der Waals surface area contributed by atoms with E-state index >= 15 is 0 Å². The quantitative estimate of drug-likeness (QED) is 0.334. The fourth-order valence-corrected chi connectivity index (χ4v) is 6.55. The number of carbonyl (C=O) groups excluding carboxylic acids is 1. The SMILES string of the molecule is O=C(O)[C@H](CCO[C@H]1C[C@H](CCc2ccc3c(n2)NCCC3)C1)NC(=O)C1(c2ccccc2)CCCCCC1. The van der Waals surface area contributed by atoms with Gasteiger partial charge in [-0.15, -0.1) is 0 Å². The molecule has 3 aliphatic rings. The average molecular weight is 534 g/mol. The summed E-state index contributed by atoms with van der Waals surface area (Å²) in [7, 11) is 0. The van der Waals surface area contributed by atoms with Crippen LogP contribution in [0.3, 0.4) is 0 Å². The highest BCUT2D eigenvalue weighted by atomic mass is 16.5. The number of aromatic nitrogens is 1. The van der Waals surface area contributed by atoms with E-state index in [0.29, 0.717) is 12.5 Å². The first-order chi connectivity index (χ1) is 19.0. The molecular weight excluding hydrogens is 490 g/mol. The Kier molecular flexibility index (Phi) is 9.17. The van der Waals surface area contributed by atoms with Crippen molar-refractivity contribution < 1.29 is 19.4 Å². The zero-order valence-corrected chi connectivity index (χ0v) is 23.0. The van der Waals surface area contributed by atoms with Gasteiger partial charge < -0.3 is 20.5 Å². The van der Waals surface area contributed by atoms with E-state index in [4.69, 9.17) is 9.72 Å². The van der Waals surface area contributed by atoms with Crippen LogP contribution >= 0.6 is 0 Å². The predicted molar refractivity (Wildman–Crippen MR) is 152 cm³/mol. The second-order valence-electron chi connectivity index (χ2n) is 11.7. The van der Waals surface area contributed by atoms with Gasteiger partial charge in [-0.2, -0.15) is 0 Å². The number of carbonyl (C=O) groups is 2. The number of hydrogen-bond acceptors (Lipinski definition) is 5. The molecule has 7 heteroatoms. The van der Waals surface area contributed by atoms with Crippen molar-refractivity contribution in [3.05, 3.63) is 59.3 Å². The summed E-state index contributed by atoms with van der Waals surface area (Å²) in [5.41, 5.74) is 2.81. The van der Waals surface area contributed by atoms with Crippen LogP contribution in [0.4, 0.5) is 5.82 Å². The van der Waals surface area contributed by atoms with Gasteiger partial charge in [0.25, 0.3) is 0 Å². The van der Waals surface area contributed by atoms with E-state index in [0.717, 1.165) is 94.2 Å². The molecule has 1 aromatic heterocycles. The van der Waals surface area contributed by atoms with Crippen LogP contribution in [0.1, 0.15) is 87.4 Å². The van der Waals surface area contributed by atoms with Gasteiger partial charge in [-0.1, -0.05) is 62.1 Å². The number of anilines is 1. The Bertz CT molecular complexity index is 1110. The standard InChI is InChI=1S/C32H43N3O4/c36-30(37)28(35-31(38)32(17-6-1-2-7-18-32)25-10-4-3-5-11-25)16-20-39-27-21-23(22-27)12-14-26-15-13-24-9-8-19-33-29(24)34-26/h3-5,10-11,13,15,23,27-28H,1-2,6-9,12,14,16-22H2,(H,33,34)(H,35,38)(H,36,37)/t23-,27-,28-/m0/s1. The Morgan fingerprint density at radius 2 is 1.82 bits per heavy atom. The van der Waals surface area contributed by atoms with Crippen LogP contribution in [0, 0.1) is 5.92 Å². The number of nitrogens with one attached hydrogen (secondary N) is 2. The molecule has 39 heavy (non-hydrogen) atoms. The lowest BCUT2D eigenvalue weighted by atomic mass is 9.73. The summed E-state index contributed by atoms with van der Waals surface area (Å²) >= 11 is 0. The molecule has 0 bridgehead atoms. The van der Waals surface area contributed by atoms with E-state index in [-0.39, 0.29) is 18.4 Å². The molecule has 0 saturated heterocycles. The predicted octanol–water partition coefficient (Wildman–Crippen LogP) is 5.42.